The minimum Gasteiger partial charge on any atom is -0.481 e. The first-order valence-electron chi connectivity index (χ1n) is 6.87. The molecule has 4 heteroatoms. The van der Waals surface area contributed by atoms with Gasteiger partial charge in [0.05, 0.1) is 0 Å². The smallest absolute Gasteiger partial charge is 0.303 e. The Kier molecular flexibility index (Phi) is 4.40. The summed E-state index contributed by atoms with van der Waals surface area (Å²) in [4.78, 5) is 13.3. The van der Waals surface area contributed by atoms with Gasteiger partial charge in [-0.3, -0.25) is 4.79 Å². The summed E-state index contributed by atoms with van der Waals surface area (Å²) in [7, 11) is 0. The van der Waals surface area contributed by atoms with E-state index >= 15 is 0 Å². The third kappa shape index (κ3) is 4.28. The van der Waals surface area contributed by atoms with E-state index < -0.39 is 5.97 Å². The highest BCUT2D eigenvalue weighted by Crippen LogP contribution is 2.25. The molecule has 2 N–H and O–H groups in total. The molecule has 0 aromatic heterocycles. The number of carboxylic acid groups (broad SMARTS) is 1. The Morgan fingerprint density at radius 1 is 1.35 bits per heavy atom. The number of nitrogens with zero attached hydrogens (tertiary/aromatic N) is 1. The standard InChI is InChI=1S/C13H24N2O2/c1-2-5-15-8-10(7-13(16)17)6-12(9-15)14-11-3-4-11/h10-12,14H,2-9H2,1H3,(H,16,17). The SMILES string of the molecule is CCCN1CC(CC(=O)O)CC(NC2CC2)C1. The zero-order chi connectivity index (χ0) is 12.3. The Labute approximate surface area is 103 Å². The van der Waals surface area contributed by atoms with Crippen LogP contribution in [0.5, 0.6) is 0 Å². The van der Waals surface area contributed by atoms with Gasteiger partial charge in [-0.05, 0) is 38.1 Å². The Bertz CT molecular complexity index is 266. The Morgan fingerprint density at radius 2 is 2.12 bits per heavy atom. The van der Waals surface area contributed by atoms with Crippen molar-refractivity contribution in [2.45, 2.75) is 51.1 Å². The van der Waals surface area contributed by atoms with Crippen molar-refractivity contribution in [3.05, 3.63) is 0 Å². The number of hydrogen-bond donors (Lipinski definition) is 2. The summed E-state index contributed by atoms with van der Waals surface area (Å²) >= 11 is 0. The van der Waals surface area contributed by atoms with Gasteiger partial charge in [0.1, 0.15) is 0 Å². The third-order valence-corrected chi connectivity index (χ3v) is 3.66. The lowest BCUT2D eigenvalue weighted by molar-refractivity contribution is -0.138. The maximum absolute atomic E-state index is 10.8. The van der Waals surface area contributed by atoms with E-state index in [0.29, 0.717) is 24.4 Å². The maximum Gasteiger partial charge on any atom is 0.303 e. The number of aliphatic carboxylic acids is 1. The molecule has 0 aromatic rings. The Hall–Kier alpha value is -0.610. The van der Waals surface area contributed by atoms with Crippen LogP contribution in [-0.4, -0.2) is 47.7 Å². The van der Waals surface area contributed by atoms with Crippen LogP contribution in [0.3, 0.4) is 0 Å². The first kappa shape index (κ1) is 12.8. The van der Waals surface area contributed by atoms with E-state index in [-0.39, 0.29) is 0 Å². The van der Waals surface area contributed by atoms with Crippen LogP contribution >= 0.6 is 0 Å². The van der Waals surface area contributed by atoms with Crippen LogP contribution < -0.4 is 5.32 Å². The average molecular weight is 240 g/mol. The monoisotopic (exact) mass is 240 g/mol. The second-order valence-corrected chi connectivity index (χ2v) is 5.60. The van der Waals surface area contributed by atoms with Gasteiger partial charge in [0.15, 0.2) is 0 Å². The number of rotatable bonds is 6. The predicted molar refractivity (Wildman–Crippen MR) is 67.0 cm³/mol. The van der Waals surface area contributed by atoms with E-state index in [1.807, 2.05) is 0 Å². The van der Waals surface area contributed by atoms with Crippen LogP contribution in [0.2, 0.25) is 0 Å². The van der Waals surface area contributed by atoms with Gasteiger partial charge in [-0.25, -0.2) is 0 Å². The quantitative estimate of drug-likeness (QED) is 0.735. The second-order valence-electron chi connectivity index (χ2n) is 5.60. The molecule has 0 aromatic carbocycles. The highest BCUT2D eigenvalue weighted by molar-refractivity contribution is 5.67. The highest BCUT2D eigenvalue weighted by Gasteiger charge is 2.31. The van der Waals surface area contributed by atoms with Gasteiger partial charge in [-0.15, -0.1) is 0 Å². The van der Waals surface area contributed by atoms with Gasteiger partial charge in [0.2, 0.25) is 0 Å². The molecule has 0 spiro atoms. The van der Waals surface area contributed by atoms with Gasteiger partial charge < -0.3 is 15.3 Å². The lowest BCUT2D eigenvalue weighted by atomic mass is 9.91. The van der Waals surface area contributed by atoms with Crippen molar-refractivity contribution in [1.82, 2.24) is 10.2 Å². The molecular weight excluding hydrogens is 216 g/mol. The van der Waals surface area contributed by atoms with E-state index in [2.05, 4.69) is 17.1 Å². The van der Waals surface area contributed by atoms with E-state index in [9.17, 15) is 4.79 Å². The molecule has 1 aliphatic carbocycles. The van der Waals surface area contributed by atoms with Crippen molar-refractivity contribution < 1.29 is 9.90 Å². The van der Waals surface area contributed by atoms with E-state index in [4.69, 9.17) is 5.11 Å². The van der Waals surface area contributed by atoms with Crippen molar-refractivity contribution in [2.75, 3.05) is 19.6 Å². The fraction of sp³-hybridized carbons (Fsp3) is 0.923. The second kappa shape index (κ2) is 5.83. The van der Waals surface area contributed by atoms with Crippen LogP contribution in [0.4, 0.5) is 0 Å². The molecule has 0 amide bonds. The van der Waals surface area contributed by atoms with Crippen LogP contribution in [0.15, 0.2) is 0 Å². The van der Waals surface area contributed by atoms with Gasteiger partial charge in [0, 0.05) is 31.6 Å². The van der Waals surface area contributed by atoms with Gasteiger partial charge in [-0.1, -0.05) is 6.92 Å². The van der Waals surface area contributed by atoms with Gasteiger partial charge >= 0.3 is 5.97 Å². The zero-order valence-electron chi connectivity index (χ0n) is 10.7. The van der Waals surface area contributed by atoms with Crippen LogP contribution in [0.1, 0.15) is 39.0 Å². The third-order valence-electron chi connectivity index (χ3n) is 3.66. The van der Waals surface area contributed by atoms with Crippen molar-refractivity contribution in [3.8, 4) is 0 Å². The number of nitrogens with one attached hydrogen (secondary N) is 1. The first-order valence-corrected chi connectivity index (χ1v) is 6.87. The summed E-state index contributed by atoms with van der Waals surface area (Å²) in [5.41, 5.74) is 0. The Balaban J connectivity index is 1.85. The molecule has 2 fully saturated rings. The number of hydrogen-bond acceptors (Lipinski definition) is 3. The minimum absolute atomic E-state index is 0.322. The molecule has 2 atom stereocenters. The number of likely N-dealkylation sites (tertiary alicyclic amines) is 1. The molecular formula is C13H24N2O2. The minimum atomic E-state index is -0.654. The van der Waals surface area contributed by atoms with Crippen molar-refractivity contribution in [1.29, 1.82) is 0 Å². The van der Waals surface area contributed by atoms with E-state index in [1.54, 1.807) is 0 Å². The van der Waals surface area contributed by atoms with Crippen LogP contribution in [0.25, 0.3) is 0 Å². The van der Waals surface area contributed by atoms with Crippen molar-refractivity contribution in [2.24, 2.45) is 5.92 Å². The van der Waals surface area contributed by atoms with E-state index in [0.717, 1.165) is 32.5 Å². The normalized spacial score (nSPS) is 30.4. The molecule has 98 valence electrons. The fourth-order valence-corrected chi connectivity index (χ4v) is 2.90. The van der Waals surface area contributed by atoms with Crippen molar-refractivity contribution in [3.63, 3.8) is 0 Å². The topological polar surface area (TPSA) is 52.6 Å². The van der Waals surface area contributed by atoms with Crippen LogP contribution in [-0.2, 0) is 4.79 Å². The van der Waals surface area contributed by atoms with Gasteiger partial charge in [-0.2, -0.15) is 0 Å². The molecule has 1 saturated carbocycles. The van der Waals surface area contributed by atoms with E-state index in [1.165, 1.54) is 12.8 Å². The fourth-order valence-electron chi connectivity index (χ4n) is 2.90. The number of piperidine rings is 1. The summed E-state index contributed by atoms with van der Waals surface area (Å²) in [5.74, 6) is -0.331. The molecule has 0 bridgehead atoms. The lowest BCUT2D eigenvalue weighted by Gasteiger charge is -2.37. The lowest BCUT2D eigenvalue weighted by Crippen LogP contribution is -2.50. The summed E-state index contributed by atoms with van der Waals surface area (Å²) in [6, 6.07) is 1.22. The molecule has 17 heavy (non-hydrogen) atoms. The first-order chi connectivity index (χ1) is 8.17. The average Bonchev–Trinajstić information content (AvgIpc) is 3.00. The summed E-state index contributed by atoms with van der Waals surface area (Å²) in [6.07, 6.45) is 5.10. The van der Waals surface area contributed by atoms with Crippen LogP contribution in [0, 0.1) is 5.92 Å². The molecule has 0 radical (unpaired) electrons. The molecule has 4 nitrogen and oxygen atoms in total. The summed E-state index contributed by atoms with van der Waals surface area (Å²) in [5, 5.41) is 12.6. The molecule has 2 unspecified atom stereocenters. The zero-order valence-corrected chi connectivity index (χ0v) is 10.7. The number of carboxylic acids is 1. The molecule has 1 saturated heterocycles. The molecule has 1 aliphatic heterocycles. The predicted octanol–water partition coefficient (Wildman–Crippen LogP) is 1.31. The highest BCUT2D eigenvalue weighted by atomic mass is 16.4. The molecule has 2 aliphatic rings. The molecule has 1 heterocycles. The summed E-state index contributed by atoms with van der Waals surface area (Å²) in [6.45, 7) is 5.34. The van der Waals surface area contributed by atoms with Crippen molar-refractivity contribution >= 4 is 5.97 Å². The maximum atomic E-state index is 10.8. The summed E-state index contributed by atoms with van der Waals surface area (Å²) < 4.78 is 0. The molecule has 2 rings (SSSR count). The van der Waals surface area contributed by atoms with Gasteiger partial charge in [0.25, 0.3) is 0 Å². The largest absolute Gasteiger partial charge is 0.481 e. The Morgan fingerprint density at radius 3 is 2.71 bits per heavy atom. The number of carbonyl (C=O) groups is 1.